The van der Waals surface area contributed by atoms with Gasteiger partial charge in [0.05, 0.1) is 5.56 Å². The molecule has 0 aliphatic heterocycles. The van der Waals surface area contributed by atoms with E-state index >= 15 is 0 Å². The molecule has 0 spiro atoms. The number of nitrogen functional groups attached to an aromatic ring is 1. The number of anilines is 2. The standard InChI is InChI=1S/C12H17N3O/c1-12(2,8-16)7-15-10-3-4-11(14)9(5-10)6-13/h3-5,15-16H,7-8,14H2,1-2H3. The zero-order valence-electron chi connectivity index (χ0n) is 9.62. The van der Waals surface area contributed by atoms with Gasteiger partial charge in [-0.1, -0.05) is 13.8 Å². The minimum Gasteiger partial charge on any atom is -0.398 e. The van der Waals surface area contributed by atoms with E-state index in [9.17, 15) is 0 Å². The maximum absolute atomic E-state index is 9.10. The van der Waals surface area contributed by atoms with Gasteiger partial charge in [0.2, 0.25) is 0 Å². The van der Waals surface area contributed by atoms with E-state index in [2.05, 4.69) is 5.32 Å². The van der Waals surface area contributed by atoms with Crippen molar-refractivity contribution in [2.45, 2.75) is 13.8 Å². The highest BCUT2D eigenvalue weighted by molar-refractivity contribution is 5.61. The number of nitriles is 1. The number of hydrogen-bond donors (Lipinski definition) is 3. The van der Waals surface area contributed by atoms with Crippen molar-refractivity contribution < 1.29 is 5.11 Å². The van der Waals surface area contributed by atoms with Crippen LogP contribution in [0.25, 0.3) is 0 Å². The van der Waals surface area contributed by atoms with Gasteiger partial charge in [-0.2, -0.15) is 5.26 Å². The molecule has 1 aromatic rings. The van der Waals surface area contributed by atoms with E-state index in [0.717, 1.165) is 5.69 Å². The number of aliphatic hydroxyl groups is 1. The molecule has 4 N–H and O–H groups in total. The number of benzene rings is 1. The minimum atomic E-state index is -0.186. The highest BCUT2D eigenvalue weighted by Crippen LogP contribution is 2.19. The van der Waals surface area contributed by atoms with Crippen LogP contribution in [0.5, 0.6) is 0 Å². The molecule has 0 aliphatic carbocycles. The zero-order valence-corrected chi connectivity index (χ0v) is 9.62. The van der Waals surface area contributed by atoms with Crippen LogP contribution in [0.3, 0.4) is 0 Å². The molecule has 0 aliphatic rings. The van der Waals surface area contributed by atoms with Gasteiger partial charge in [-0.15, -0.1) is 0 Å². The predicted molar refractivity (Wildman–Crippen MR) is 64.9 cm³/mol. The number of nitrogens with one attached hydrogen (secondary N) is 1. The van der Waals surface area contributed by atoms with Gasteiger partial charge in [0.15, 0.2) is 0 Å². The maximum Gasteiger partial charge on any atom is 0.101 e. The summed E-state index contributed by atoms with van der Waals surface area (Å²) in [5.41, 5.74) is 7.22. The Balaban J connectivity index is 2.73. The lowest BCUT2D eigenvalue weighted by atomic mass is 9.95. The quantitative estimate of drug-likeness (QED) is 0.671. The van der Waals surface area contributed by atoms with Crippen LogP contribution in [-0.2, 0) is 0 Å². The fourth-order valence-corrected chi connectivity index (χ4v) is 1.16. The average molecular weight is 219 g/mol. The Hall–Kier alpha value is -1.73. The summed E-state index contributed by atoms with van der Waals surface area (Å²) in [5.74, 6) is 0. The van der Waals surface area contributed by atoms with Gasteiger partial charge in [-0.3, -0.25) is 0 Å². The molecule has 1 aromatic carbocycles. The molecule has 0 unspecified atom stereocenters. The smallest absolute Gasteiger partial charge is 0.101 e. The zero-order chi connectivity index (χ0) is 12.2. The third-order valence-corrected chi connectivity index (χ3v) is 2.37. The van der Waals surface area contributed by atoms with Crippen molar-refractivity contribution in [3.05, 3.63) is 23.8 Å². The van der Waals surface area contributed by atoms with Gasteiger partial charge in [-0.25, -0.2) is 0 Å². The van der Waals surface area contributed by atoms with Gasteiger partial charge in [-0.05, 0) is 18.2 Å². The molecule has 4 heteroatoms. The number of hydrogen-bond acceptors (Lipinski definition) is 4. The highest BCUT2D eigenvalue weighted by Gasteiger charge is 2.15. The lowest BCUT2D eigenvalue weighted by molar-refractivity contribution is 0.171. The van der Waals surface area contributed by atoms with Crippen molar-refractivity contribution in [3.8, 4) is 6.07 Å². The van der Waals surface area contributed by atoms with Gasteiger partial charge >= 0.3 is 0 Å². The van der Waals surface area contributed by atoms with Crippen LogP contribution in [0.4, 0.5) is 11.4 Å². The summed E-state index contributed by atoms with van der Waals surface area (Å²) < 4.78 is 0. The first-order chi connectivity index (χ1) is 7.48. The van der Waals surface area contributed by atoms with Crippen LogP contribution in [0, 0.1) is 16.7 Å². The molecule has 0 saturated heterocycles. The monoisotopic (exact) mass is 219 g/mol. The van der Waals surface area contributed by atoms with Crippen LogP contribution < -0.4 is 11.1 Å². The van der Waals surface area contributed by atoms with E-state index in [0.29, 0.717) is 17.8 Å². The lowest BCUT2D eigenvalue weighted by Crippen LogP contribution is -2.26. The van der Waals surface area contributed by atoms with E-state index in [1.54, 1.807) is 12.1 Å². The van der Waals surface area contributed by atoms with Crippen molar-refractivity contribution >= 4 is 11.4 Å². The topological polar surface area (TPSA) is 82.1 Å². The first-order valence-corrected chi connectivity index (χ1v) is 5.13. The van der Waals surface area contributed by atoms with Gasteiger partial charge in [0, 0.05) is 29.9 Å². The van der Waals surface area contributed by atoms with Crippen LogP contribution in [0.1, 0.15) is 19.4 Å². The Kier molecular flexibility index (Phi) is 3.75. The predicted octanol–water partition coefficient (Wildman–Crippen LogP) is 1.57. The Morgan fingerprint density at radius 2 is 2.19 bits per heavy atom. The second-order valence-electron chi connectivity index (χ2n) is 4.59. The molecule has 0 fully saturated rings. The molecular weight excluding hydrogens is 202 g/mol. The molecule has 16 heavy (non-hydrogen) atoms. The first-order valence-electron chi connectivity index (χ1n) is 5.13. The molecule has 0 radical (unpaired) electrons. The van der Waals surface area contributed by atoms with Gasteiger partial charge < -0.3 is 16.2 Å². The molecule has 0 bridgehead atoms. The molecule has 86 valence electrons. The summed E-state index contributed by atoms with van der Waals surface area (Å²) in [6.07, 6.45) is 0. The molecule has 1 rings (SSSR count). The number of aliphatic hydroxyl groups excluding tert-OH is 1. The first kappa shape index (κ1) is 12.3. The summed E-state index contributed by atoms with van der Waals surface area (Å²) in [5, 5.41) is 21.1. The molecular formula is C12H17N3O. The van der Waals surface area contributed by atoms with Gasteiger partial charge in [0.1, 0.15) is 6.07 Å². The molecule has 0 saturated carbocycles. The molecule has 0 heterocycles. The van der Waals surface area contributed by atoms with Gasteiger partial charge in [0.25, 0.3) is 0 Å². The number of nitrogens with zero attached hydrogens (tertiary/aromatic N) is 1. The fourth-order valence-electron chi connectivity index (χ4n) is 1.16. The van der Waals surface area contributed by atoms with Crippen molar-refractivity contribution in [1.82, 2.24) is 0 Å². The second-order valence-corrected chi connectivity index (χ2v) is 4.59. The van der Waals surface area contributed by atoms with Crippen molar-refractivity contribution in [2.24, 2.45) is 5.41 Å². The third-order valence-electron chi connectivity index (χ3n) is 2.37. The minimum absolute atomic E-state index is 0.111. The SMILES string of the molecule is CC(C)(CO)CNc1ccc(N)c(C#N)c1. The van der Waals surface area contributed by atoms with E-state index in [4.69, 9.17) is 16.1 Å². The van der Waals surface area contributed by atoms with E-state index in [-0.39, 0.29) is 12.0 Å². The van der Waals surface area contributed by atoms with E-state index in [1.807, 2.05) is 26.0 Å². The Morgan fingerprint density at radius 1 is 1.50 bits per heavy atom. The third kappa shape index (κ3) is 3.14. The van der Waals surface area contributed by atoms with Crippen LogP contribution in [0.15, 0.2) is 18.2 Å². The highest BCUT2D eigenvalue weighted by atomic mass is 16.3. The van der Waals surface area contributed by atoms with E-state index in [1.165, 1.54) is 0 Å². The normalized spacial score (nSPS) is 10.9. The largest absolute Gasteiger partial charge is 0.398 e. The van der Waals surface area contributed by atoms with Crippen molar-refractivity contribution in [1.29, 1.82) is 5.26 Å². The Bertz CT molecular complexity index is 407. The summed E-state index contributed by atoms with van der Waals surface area (Å²) in [4.78, 5) is 0. The number of rotatable bonds is 4. The molecule has 0 aromatic heterocycles. The van der Waals surface area contributed by atoms with Crippen molar-refractivity contribution in [2.75, 3.05) is 24.2 Å². The summed E-state index contributed by atoms with van der Waals surface area (Å²) >= 11 is 0. The number of nitrogens with two attached hydrogens (primary N) is 1. The van der Waals surface area contributed by atoms with Crippen LogP contribution >= 0.6 is 0 Å². The van der Waals surface area contributed by atoms with Crippen LogP contribution in [-0.4, -0.2) is 18.3 Å². The van der Waals surface area contributed by atoms with Crippen LogP contribution in [0.2, 0.25) is 0 Å². The molecule has 4 nitrogen and oxygen atoms in total. The maximum atomic E-state index is 9.10. The summed E-state index contributed by atoms with van der Waals surface area (Å²) in [6.45, 7) is 4.67. The molecule has 0 atom stereocenters. The Morgan fingerprint density at radius 3 is 2.75 bits per heavy atom. The van der Waals surface area contributed by atoms with Crippen molar-refractivity contribution in [3.63, 3.8) is 0 Å². The average Bonchev–Trinajstić information content (AvgIpc) is 2.28. The lowest BCUT2D eigenvalue weighted by Gasteiger charge is -2.22. The summed E-state index contributed by atoms with van der Waals surface area (Å²) in [7, 11) is 0. The second kappa shape index (κ2) is 4.86. The fraction of sp³-hybridized carbons (Fsp3) is 0.417. The van der Waals surface area contributed by atoms with E-state index < -0.39 is 0 Å². The summed E-state index contributed by atoms with van der Waals surface area (Å²) in [6, 6.07) is 7.27. The Labute approximate surface area is 95.7 Å². The molecule has 0 amide bonds.